The Hall–Kier alpha value is -3.97. The summed E-state index contributed by atoms with van der Waals surface area (Å²) >= 11 is 0. The van der Waals surface area contributed by atoms with Crippen molar-refractivity contribution in [3.05, 3.63) is 122 Å². The molecule has 0 bridgehead atoms. The van der Waals surface area contributed by atoms with Crippen LogP contribution in [0, 0.1) is 18.3 Å². The Balaban J connectivity index is 1.67. The van der Waals surface area contributed by atoms with Crippen LogP contribution in [-0.4, -0.2) is 9.55 Å². The number of hydrogen-bond donors (Lipinski definition) is 0. The van der Waals surface area contributed by atoms with E-state index in [-0.39, 0.29) is 11.0 Å². The third kappa shape index (κ3) is 6.11. The maximum atomic E-state index is 13.9. The van der Waals surface area contributed by atoms with Gasteiger partial charge in [-0.05, 0) is 59.1 Å². The van der Waals surface area contributed by atoms with Crippen molar-refractivity contribution in [1.29, 1.82) is 5.26 Å². The molecule has 38 heavy (non-hydrogen) atoms. The fourth-order valence-electron chi connectivity index (χ4n) is 4.80. The Morgan fingerprint density at radius 3 is 2.21 bits per heavy atom. The van der Waals surface area contributed by atoms with E-state index in [2.05, 4.69) is 70.2 Å². The lowest BCUT2D eigenvalue weighted by Gasteiger charge is -2.20. The van der Waals surface area contributed by atoms with Crippen LogP contribution in [0.4, 0.5) is 0 Å². The number of hydrogen-bond acceptors (Lipinski definition) is 3. The number of aromatic nitrogens is 2. The molecule has 0 aliphatic rings. The second kappa shape index (κ2) is 11.6. The monoisotopic (exact) mass is 503 g/mol. The fraction of sp³-hybridized carbons (Fsp3) is 0.324. The highest BCUT2D eigenvalue weighted by atomic mass is 16.1. The molecule has 0 N–H and O–H groups in total. The van der Waals surface area contributed by atoms with Crippen molar-refractivity contribution in [2.75, 3.05) is 0 Å². The molecule has 3 aromatic carbocycles. The summed E-state index contributed by atoms with van der Waals surface area (Å²) in [5.41, 5.74) is 7.83. The van der Waals surface area contributed by atoms with Crippen LogP contribution in [0.15, 0.2) is 77.6 Å². The lowest BCUT2D eigenvalue weighted by Crippen LogP contribution is -2.30. The zero-order valence-corrected chi connectivity index (χ0v) is 23.2. The SMILES string of the molecule is CCCCc1nc(C)n(Cc2ccc(C(C)(C)C)cc2)c(=O)c1Cc1ccc(-c2ccccc2C#N)cc1. The van der Waals surface area contributed by atoms with Crippen LogP contribution in [0.2, 0.25) is 0 Å². The Morgan fingerprint density at radius 1 is 0.921 bits per heavy atom. The second-order valence-corrected chi connectivity index (χ2v) is 11.1. The minimum atomic E-state index is 0.0439. The van der Waals surface area contributed by atoms with E-state index in [4.69, 9.17) is 4.98 Å². The highest BCUT2D eigenvalue weighted by Gasteiger charge is 2.17. The molecule has 194 valence electrons. The fourth-order valence-corrected chi connectivity index (χ4v) is 4.80. The lowest BCUT2D eigenvalue weighted by atomic mass is 9.87. The van der Waals surface area contributed by atoms with E-state index in [1.54, 1.807) is 0 Å². The molecule has 0 saturated heterocycles. The highest BCUT2D eigenvalue weighted by Crippen LogP contribution is 2.25. The van der Waals surface area contributed by atoms with Crippen molar-refractivity contribution in [3.8, 4) is 17.2 Å². The molecule has 0 aliphatic carbocycles. The van der Waals surface area contributed by atoms with Gasteiger partial charge in [-0.2, -0.15) is 5.26 Å². The summed E-state index contributed by atoms with van der Waals surface area (Å²) in [6.45, 7) is 11.2. The van der Waals surface area contributed by atoms with Crippen LogP contribution in [-0.2, 0) is 24.8 Å². The average molecular weight is 504 g/mol. The molecule has 4 heteroatoms. The third-order valence-electron chi connectivity index (χ3n) is 7.16. The summed E-state index contributed by atoms with van der Waals surface area (Å²) in [6, 6.07) is 26.6. The van der Waals surface area contributed by atoms with E-state index < -0.39 is 0 Å². The van der Waals surface area contributed by atoms with Crippen LogP contribution < -0.4 is 5.56 Å². The van der Waals surface area contributed by atoms with E-state index in [0.29, 0.717) is 18.5 Å². The maximum Gasteiger partial charge on any atom is 0.257 e. The van der Waals surface area contributed by atoms with Gasteiger partial charge in [0.15, 0.2) is 0 Å². The first-order valence-corrected chi connectivity index (χ1v) is 13.5. The first kappa shape index (κ1) is 27.1. The smallest absolute Gasteiger partial charge is 0.257 e. The van der Waals surface area contributed by atoms with Crippen molar-refractivity contribution >= 4 is 0 Å². The number of nitrogens with zero attached hydrogens (tertiary/aromatic N) is 3. The number of aryl methyl sites for hydroxylation is 2. The first-order valence-electron chi connectivity index (χ1n) is 13.5. The summed E-state index contributed by atoms with van der Waals surface area (Å²) in [5.74, 6) is 0.758. The Kier molecular flexibility index (Phi) is 8.27. The molecule has 0 spiro atoms. The molecule has 0 saturated carbocycles. The molecule has 4 rings (SSSR count). The predicted octanol–water partition coefficient (Wildman–Crippen LogP) is 7.37. The highest BCUT2D eigenvalue weighted by molar-refractivity contribution is 5.70. The largest absolute Gasteiger partial charge is 0.292 e. The molecule has 0 unspecified atom stereocenters. The Labute approximate surface area is 226 Å². The minimum absolute atomic E-state index is 0.0439. The number of rotatable bonds is 8. The summed E-state index contributed by atoms with van der Waals surface area (Å²) in [4.78, 5) is 18.8. The van der Waals surface area contributed by atoms with Gasteiger partial charge in [-0.15, -0.1) is 0 Å². The van der Waals surface area contributed by atoms with Crippen molar-refractivity contribution < 1.29 is 0 Å². The first-order chi connectivity index (χ1) is 18.2. The maximum absolute atomic E-state index is 13.9. The van der Waals surface area contributed by atoms with Gasteiger partial charge in [-0.3, -0.25) is 9.36 Å². The molecule has 0 radical (unpaired) electrons. The Morgan fingerprint density at radius 2 is 1.58 bits per heavy atom. The van der Waals surface area contributed by atoms with Crippen molar-refractivity contribution in [1.82, 2.24) is 9.55 Å². The average Bonchev–Trinajstić information content (AvgIpc) is 2.91. The van der Waals surface area contributed by atoms with E-state index in [1.807, 2.05) is 47.9 Å². The van der Waals surface area contributed by atoms with Crippen LogP contribution in [0.3, 0.4) is 0 Å². The van der Waals surface area contributed by atoms with E-state index in [1.165, 1.54) is 5.56 Å². The quantitative estimate of drug-likeness (QED) is 0.252. The van der Waals surface area contributed by atoms with Gasteiger partial charge < -0.3 is 0 Å². The molecular weight excluding hydrogens is 466 g/mol. The molecule has 0 fully saturated rings. The molecule has 1 aromatic heterocycles. The topological polar surface area (TPSA) is 58.7 Å². The van der Waals surface area contributed by atoms with E-state index >= 15 is 0 Å². The number of benzene rings is 3. The molecule has 1 heterocycles. The van der Waals surface area contributed by atoms with Crippen LogP contribution in [0.25, 0.3) is 11.1 Å². The van der Waals surface area contributed by atoms with Crippen molar-refractivity contribution in [2.45, 2.75) is 72.3 Å². The van der Waals surface area contributed by atoms with Gasteiger partial charge in [0.25, 0.3) is 5.56 Å². The number of nitriles is 1. The second-order valence-electron chi connectivity index (χ2n) is 11.1. The molecule has 4 aromatic rings. The minimum Gasteiger partial charge on any atom is -0.292 e. The zero-order valence-electron chi connectivity index (χ0n) is 23.2. The summed E-state index contributed by atoms with van der Waals surface area (Å²) in [7, 11) is 0. The van der Waals surface area contributed by atoms with Gasteiger partial charge in [-0.1, -0.05) is 101 Å². The summed E-state index contributed by atoms with van der Waals surface area (Å²) in [6.07, 6.45) is 3.39. The molecule has 0 atom stereocenters. The van der Waals surface area contributed by atoms with Crippen molar-refractivity contribution in [2.24, 2.45) is 0 Å². The molecule has 4 nitrogen and oxygen atoms in total. The van der Waals surface area contributed by atoms with Gasteiger partial charge in [0, 0.05) is 12.0 Å². The van der Waals surface area contributed by atoms with Crippen LogP contribution in [0.1, 0.15) is 79.9 Å². The molecule has 0 amide bonds. The zero-order chi connectivity index (χ0) is 27.3. The third-order valence-corrected chi connectivity index (χ3v) is 7.16. The number of unbranched alkanes of at least 4 members (excludes halogenated alkanes) is 1. The normalized spacial score (nSPS) is 11.4. The lowest BCUT2D eigenvalue weighted by molar-refractivity contribution is 0.589. The standard InChI is InChI=1S/C34H37N3O/c1-6-7-12-32-31(21-25-13-17-27(18-14-25)30-11-9-8-10-28(30)22-35)33(38)37(24(2)36-32)23-26-15-19-29(20-16-26)34(3,4)5/h8-11,13-20H,6-7,12,21,23H2,1-5H3. The summed E-state index contributed by atoms with van der Waals surface area (Å²) in [5, 5.41) is 9.47. The van der Waals surface area contributed by atoms with Crippen LogP contribution >= 0.6 is 0 Å². The van der Waals surface area contributed by atoms with E-state index in [0.717, 1.165) is 58.6 Å². The summed E-state index contributed by atoms with van der Waals surface area (Å²) < 4.78 is 1.81. The predicted molar refractivity (Wildman–Crippen MR) is 155 cm³/mol. The van der Waals surface area contributed by atoms with Gasteiger partial charge in [0.2, 0.25) is 0 Å². The molecular formula is C34H37N3O. The van der Waals surface area contributed by atoms with Gasteiger partial charge in [0.05, 0.1) is 23.9 Å². The molecule has 0 aliphatic heterocycles. The van der Waals surface area contributed by atoms with Crippen molar-refractivity contribution in [3.63, 3.8) is 0 Å². The van der Waals surface area contributed by atoms with Gasteiger partial charge in [0.1, 0.15) is 5.82 Å². The van der Waals surface area contributed by atoms with Gasteiger partial charge >= 0.3 is 0 Å². The van der Waals surface area contributed by atoms with Gasteiger partial charge in [-0.25, -0.2) is 4.98 Å². The van der Waals surface area contributed by atoms with E-state index in [9.17, 15) is 10.1 Å². The Bertz CT molecular complexity index is 1500. The van der Waals surface area contributed by atoms with Crippen LogP contribution in [0.5, 0.6) is 0 Å².